The maximum atomic E-state index is 12.7. The average molecular weight is 397 g/mol. The number of para-hydroxylation sites is 1. The Hall–Kier alpha value is -3.14. The molecule has 0 aliphatic rings. The number of benzene rings is 2. The number of halogens is 3. The van der Waals surface area contributed by atoms with Crippen molar-refractivity contribution in [3.63, 3.8) is 0 Å². The summed E-state index contributed by atoms with van der Waals surface area (Å²) in [5, 5.41) is 15.1. The van der Waals surface area contributed by atoms with Crippen LogP contribution in [0.2, 0.25) is 0 Å². The van der Waals surface area contributed by atoms with Gasteiger partial charge in [-0.15, -0.1) is 0 Å². The molecular formula is C17H14F3N3O3S. The second-order valence-corrected chi connectivity index (χ2v) is 5.53. The van der Waals surface area contributed by atoms with Gasteiger partial charge in [-0.1, -0.05) is 18.2 Å². The number of hydrogen-bond acceptors (Lipinski definition) is 4. The van der Waals surface area contributed by atoms with E-state index in [4.69, 9.17) is 22.1 Å². The smallest absolute Gasteiger partial charge is 0.416 e. The fourth-order valence-electron chi connectivity index (χ4n) is 1.95. The third-order valence-corrected chi connectivity index (χ3v) is 3.28. The highest BCUT2D eigenvalue weighted by Gasteiger charge is 2.30. The molecule has 0 saturated carbocycles. The first-order chi connectivity index (χ1) is 12.8. The molecule has 0 atom stereocenters. The molecule has 0 radical (unpaired) electrons. The molecule has 0 fully saturated rings. The zero-order valence-corrected chi connectivity index (χ0v) is 14.5. The summed E-state index contributed by atoms with van der Waals surface area (Å²) in [5.74, 6) is -0.812. The molecule has 142 valence electrons. The molecule has 0 aliphatic heterocycles. The molecule has 6 nitrogen and oxygen atoms in total. The van der Waals surface area contributed by atoms with Gasteiger partial charge in [-0.2, -0.15) is 18.3 Å². The minimum atomic E-state index is -4.45. The van der Waals surface area contributed by atoms with Crippen LogP contribution in [-0.4, -0.2) is 29.0 Å². The average Bonchev–Trinajstić information content (AvgIpc) is 2.60. The van der Waals surface area contributed by atoms with E-state index in [2.05, 4.69) is 15.8 Å². The van der Waals surface area contributed by atoms with E-state index in [9.17, 15) is 18.0 Å². The van der Waals surface area contributed by atoms with Crippen molar-refractivity contribution >= 4 is 35.2 Å². The number of ether oxygens (including phenoxy) is 1. The Morgan fingerprint density at radius 1 is 1.22 bits per heavy atom. The molecule has 2 rings (SSSR count). The van der Waals surface area contributed by atoms with Gasteiger partial charge in [0.05, 0.1) is 11.8 Å². The van der Waals surface area contributed by atoms with Crippen LogP contribution in [0.3, 0.4) is 0 Å². The van der Waals surface area contributed by atoms with E-state index in [0.717, 1.165) is 12.1 Å². The fraction of sp³-hybridized carbons (Fsp3) is 0.118. The molecule has 0 bridgehead atoms. The first-order valence-electron chi connectivity index (χ1n) is 7.46. The molecule has 3 N–H and O–H groups in total. The van der Waals surface area contributed by atoms with Gasteiger partial charge in [0.1, 0.15) is 5.75 Å². The number of hydrazone groups is 1. The number of nitrogens with one attached hydrogen (secondary N) is 2. The number of rotatable bonds is 6. The van der Waals surface area contributed by atoms with E-state index >= 15 is 0 Å². The van der Waals surface area contributed by atoms with E-state index in [0.29, 0.717) is 11.3 Å². The van der Waals surface area contributed by atoms with Gasteiger partial charge in [-0.3, -0.25) is 5.43 Å². The first kappa shape index (κ1) is 20.2. The minimum Gasteiger partial charge on any atom is -0.481 e. The minimum absolute atomic E-state index is 0.0190. The number of carbonyl (C=O) groups is 1. The van der Waals surface area contributed by atoms with Crippen LogP contribution in [0, 0.1) is 0 Å². The summed E-state index contributed by atoms with van der Waals surface area (Å²) in [6, 6.07) is 11.2. The quantitative estimate of drug-likeness (QED) is 0.393. The van der Waals surface area contributed by atoms with Crippen molar-refractivity contribution in [2.75, 3.05) is 11.9 Å². The van der Waals surface area contributed by atoms with Crippen LogP contribution in [0.5, 0.6) is 5.75 Å². The van der Waals surface area contributed by atoms with Crippen molar-refractivity contribution in [2.24, 2.45) is 5.10 Å². The second-order valence-electron chi connectivity index (χ2n) is 5.12. The number of hydrogen-bond donors (Lipinski definition) is 3. The number of alkyl halides is 3. The van der Waals surface area contributed by atoms with Gasteiger partial charge in [-0.25, -0.2) is 4.79 Å². The summed E-state index contributed by atoms with van der Waals surface area (Å²) in [6.45, 7) is -0.506. The van der Waals surface area contributed by atoms with E-state index in [1.807, 2.05) is 0 Å². The Kier molecular flexibility index (Phi) is 6.72. The largest absolute Gasteiger partial charge is 0.481 e. The summed E-state index contributed by atoms with van der Waals surface area (Å²) >= 11 is 4.98. The monoisotopic (exact) mass is 397 g/mol. The molecule has 2 aromatic rings. The SMILES string of the molecule is O=C(O)COc1ccccc1/C=N/NC(=S)Nc1cccc(C(F)(F)F)c1. The molecule has 0 amide bonds. The topological polar surface area (TPSA) is 83.0 Å². The summed E-state index contributed by atoms with van der Waals surface area (Å²) in [7, 11) is 0. The lowest BCUT2D eigenvalue weighted by atomic mass is 10.2. The van der Waals surface area contributed by atoms with Gasteiger partial charge in [0.2, 0.25) is 0 Å². The van der Waals surface area contributed by atoms with Crippen molar-refractivity contribution in [1.29, 1.82) is 0 Å². The molecule has 2 aromatic carbocycles. The van der Waals surface area contributed by atoms with Crippen LogP contribution in [0.4, 0.5) is 18.9 Å². The Morgan fingerprint density at radius 3 is 2.67 bits per heavy atom. The standard InChI is InChI=1S/C17H14F3N3O3S/c18-17(19,20)12-5-3-6-13(8-12)22-16(27)23-21-9-11-4-1-2-7-14(11)26-10-15(24)25/h1-9H,10H2,(H,24,25)(H2,22,23,27)/b21-9+. The Balaban J connectivity index is 1.97. The number of aliphatic carboxylic acids is 1. The Morgan fingerprint density at radius 2 is 1.96 bits per heavy atom. The predicted molar refractivity (Wildman–Crippen MR) is 98.0 cm³/mol. The maximum absolute atomic E-state index is 12.7. The summed E-state index contributed by atoms with van der Waals surface area (Å²) in [6.07, 6.45) is -3.11. The lowest BCUT2D eigenvalue weighted by Crippen LogP contribution is -2.24. The lowest BCUT2D eigenvalue weighted by Gasteiger charge is -2.11. The highest BCUT2D eigenvalue weighted by molar-refractivity contribution is 7.80. The van der Waals surface area contributed by atoms with Crippen LogP contribution in [-0.2, 0) is 11.0 Å². The van der Waals surface area contributed by atoms with Crippen molar-refractivity contribution in [3.8, 4) is 5.75 Å². The van der Waals surface area contributed by atoms with Crippen LogP contribution in [0.15, 0.2) is 53.6 Å². The van der Waals surface area contributed by atoms with Crippen molar-refractivity contribution in [3.05, 3.63) is 59.7 Å². The molecular weight excluding hydrogens is 383 g/mol. The predicted octanol–water partition coefficient (Wildman–Crippen LogP) is 3.49. The molecule has 0 spiro atoms. The Labute approximate surface area is 157 Å². The molecule has 0 saturated heterocycles. The van der Waals surface area contributed by atoms with Crippen molar-refractivity contribution in [1.82, 2.24) is 5.43 Å². The van der Waals surface area contributed by atoms with Crippen LogP contribution < -0.4 is 15.5 Å². The normalized spacial score (nSPS) is 11.2. The van der Waals surface area contributed by atoms with Crippen molar-refractivity contribution in [2.45, 2.75) is 6.18 Å². The number of carboxylic acid groups (broad SMARTS) is 1. The summed E-state index contributed by atoms with van der Waals surface area (Å²) in [5.41, 5.74) is 2.31. The second kappa shape index (κ2) is 8.99. The highest BCUT2D eigenvalue weighted by Crippen LogP contribution is 2.30. The number of thiocarbonyl (C=S) groups is 1. The van der Waals surface area contributed by atoms with Gasteiger partial charge in [0, 0.05) is 11.3 Å². The summed E-state index contributed by atoms with van der Waals surface area (Å²) < 4.78 is 43.2. The molecule has 0 aliphatic carbocycles. The molecule has 0 unspecified atom stereocenters. The Bertz CT molecular complexity index is 857. The van der Waals surface area contributed by atoms with Crippen LogP contribution >= 0.6 is 12.2 Å². The number of anilines is 1. The molecule has 0 heterocycles. The molecule has 10 heteroatoms. The van der Waals surface area contributed by atoms with Gasteiger partial charge in [0.15, 0.2) is 11.7 Å². The van der Waals surface area contributed by atoms with Crippen LogP contribution in [0.25, 0.3) is 0 Å². The van der Waals surface area contributed by atoms with Crippen molar-refractivity contribution < 1.29 is 27.8 Å². The molecule has 27 heavy (non-hydrogen) atoms. The third kappa shape index (κ3) is 6.59. The van der Waals surface area contributed by atoms with E-state index in [1.165, 1.54) is 18.3 Å². The van der Waals surface area contributed by atoms with E-state index in [1.54, 1.807) is 24.3 Å². The zero-order chi connectivity index (χ0) is 19.9. The van der Waals surface area contributed by atoms with E-state index in [-0.39, 0.29) is 10.8 Å². The highest BCUT2D eigenvalue weighted by atomic mass is 32.1. The van der Waals surface area contributed by atoms with Gasteiger partial charge >= 0.3 is 12.1 Å². The lowest BCUT2D eigenvalue weighted by molar-refractivity contribution is -0.139. The molecule has 0 aromatic heterocycles. The first-order valence-corrected chi connectivity index (χ1v) is 7.87. The number of nitrogens with zero attached hydrogens (tertiary/aromatic N) is 1. The van der Waals surface area contributed by atoms with Gasteiger partial charge in [-0.05, 0) is 42.5 Å². The van der Waals surface area contributed by atoms with Gasteiger partial charge < -0.3 is 15.2 Å². The van der Waals surface area contributed by atoms with Gasteiger partial charge in [0.25, 0.3) is 0 Å². The zero-order valence-electron chi connectivity index (χ0n) is 13.7. The fourth-order valence-corrected chi connectivity index (χ4v) is 2.12. The third-order valence-electron chi connectivity index (χ3n) is 3.09. The number of carboxylic acids is 1. The van der Waals surface area contributed by atoms with Crippen LogP contribution in [0.1, 0.15) is 11.1 Å². The maximum Gasteiger partial charge on any atom is 0.416 e. The van der Waals surface area contributed by atoms with E-state index < -0.39 is 24.3 Å². The summed E-state index contributed by atoms with van der Waals surface area (Å²) in [4.78, 5) is 10.6.